The molecule has 0 amide bonds. The van der Waals surface area contributed by atoms with E-state index in [1.54, 1.807) is 0 Å². The number of fused-ring (bicyclic) bond motifs is 2. The first-order valence-corrected chi connectivity index (χ1v) is 10.9. The van der Waals surface area contributed by atoms with Gasteiger partial charge in [-0.3, -0.25) is 0 Å². The van der Waals surface area contributed by atoms with Gasteiger partial charge >= 0.3 is 0 Å². The van der Waals surface area contributed by atoms with E-state index in [4.69, 9.17) is 9.97 Å². The molecule has 4 heteroatoms. The minimum Gasteiger partial charge on any atom is -0.342 e. The zero-order chi connectivity index (χ0) is 20.4. The molecule has 4 aromatic rings. The van der Waals surface area contributed by atoms with Crippen LogP contribution in [0.2, 0.25) is 0 Å². The highest BCUT2D eigenvalue weighted by Gasteiger charge is 2.16. The summed E-state index contributed by atoms with van der Waals surface area (Å²) in [7, 11) is 0. The quantitative estimate of drug-likeness (QED) is 0.383. The lowest BCUT2D eigenvalue weighted by atomic mass is 9.97. The Labute approximate surface area is 173 Å². The Bertz CT molecular complexity index is 1060. The summed E-state index contributed by atoms with van der Waals surface area (Å²) in [5.41, 5.74) is 4.57. The summed E-state index contributed by atoms with van der Waals surface area (Å²) >= 11 is 0. The molecule has 0 saturated heterocycles. The van der Waals surface area contributed by atoms with Gasteiger partial charge in [0.1, 0.15) is 11.6 Å². The number of rotatable bonds is 8. The molecule has 2 unspecified atom stereocenters. The van der Waals surface area contributed by atoms with E-state index in [9.17, 15) is 0 Å². The summed E-state index contributed by atoms with van der Waals surface area (Å²) < 4.78 is 2.45. The normalized spacial score (nSPS) is 14.1. The average molecular weight is 389 g/mol. The first-order chi connectivity index (χ1) is 14.0. The van der Waals surface area contributed by atoms with Crippen LogP contribution >= 0.6 is 0 Å². The lowest BCUT2D eigenvalue weighted by Gasteiger charge is -2.18. The molecule has 2 atom stereocenters. The van der Waals surface area contributed by atoms with Crippen molar-refractivity contribution in [3.8, 4) is 0 Å². The fourth-order valence-electron chi connectivity index (χ4n) is 4.13. The number of nitrogens with zero attached hydrogens (tertiary/aromatic N) is 3. The molecule has 0 radical (unpaired) electrons. The summed E-state index contributed by atoms with van der Waals surface area (Å²) in [5.74, 6) is 3.95. The topological polar surface area (TPSA) is 46.5 Å². The second-order valence-electron chi connectivity index (χ2n) is 8.95. The minimum atomic E-state index is 0.430. The van der Waals surface area contributed by atoms with Crippen molar-refractivity contribution in [2.45, 2.75) is 59.4 Å². The van der Waals surface area contributed by atoms with E-state index in [0.717, 1.165) is 41.8 Å². The maximum Gasteiger partial charge on any atom is 0.110 e. The molecule has 0 spiro atoms. The van der Waals surface area contributed by atoms with Gasteiger partial charge in [0.05, 0.1) is 22.1 Å². The van der Waals surface area contributed by atoms with Crippen LogP contribution in [0.1, 0.15) is 58.1 Å². The molecule has 2 aromatic carbocycles. The van der Waals surface area contributed by atoms with E-state index in [1.165, 1.54) is 17.8 Å². The molecule has 2 heterocycles. The van der Waals surface area contributed by atoms with Gasteiger partial charge in [0.25, 0.3) is 0 Å². The molecule has 2 aromatic heterocycles. The smallest absolute Gasteiger partial charge is 0.110 e. The third-order valence-electron chi connectivity index (χ3n) is 5.79. The van der Waals surface area contributed by atoms with Crippen LogP contribution in [-0.4, -0.2) is 19.5 Å². The third-order valence-corrected chi connectivity index (χ3v) is 5.79. The van der Waals surface area contributed by atoms with Crippen molar-refractivity contribution < 1.29 is 0 Å². The highest BCUT2D eigenvalue weighted by molar-refractivity contribution is 5.76. The zero-order valence-corrected chi connectivity index (χ0v) is 18.0. The standard InChI is InChI=1S/C25H32N4/c1-17(2)15-24-26-22-11-7-8-12-23(22)29(24)16-18(3)13-14-19(4)25-27-20-9-5-6-10-21(20)28-25/h5-12,17-19H,13-16H2,1-4H3,(H,27,28). The molecule has 0 fully saturated rings. The number of H-pyrrole nitrogens is 1. The third kappa shape index (κ3) is 4.36. The Morgan fingerprint density at radius 2 is 1.59 bits per heavy atom. The number of aromatic amines is 1. The van der Waals surface area contributed by atoms with Crippen LogP contribution in [0.15, 0.2) is 48.5 Å². The first-order valence-electron chi connectivity index (χ1n) is 10.9. The van der Waals surface area contributed by atoms with Gasteiger partial charge in [-0.15, -0.1) is 0 Å². The highest BCUT2D eigenvalue weighted by Crippen LogP contribution is 2.26. The molecule has 0 aliphatic carbocycles. The molecule has 4 rings (SSSR count). The number of aromatic nitrogens is 4. The molecule has 1 N–H and O–H groups in total. The van der Waals surface area contributed by atoms with Crippen molar-refractivity contribution in [3.63, 3.8) is 0 Å². The minimum absolute atomic E-state index is 0.430. The molecule has 0 aliphatic heterocycles. The van der Waals surface area contributed by atoms with Crippen LogP contribution < -0.4 is 0 Å². The van der Waals surface area contributed by atoms with Crippen molar-refractivity contribution >= 4 is 22.1 Å². The Balaban J connectivity index is 1.44. The van der Waals surface area contributed by atoms with Crippen LogP contribution in [0.5, 0.6) is 0 Å². The number of hydrogen-bond acceptors (Lipinski definition) is 2. The largest absolute Gasteiger partial charge is 0.342 e. The fourth-order valence-corrected chi connectivity index (χ4v) is 4.13. The molecular formula is C25H32N4. The number of hydrogen-bond donors (Lipinski definition) is 1. The van der Waals surface area contributed by atoms with Gasteiger partial charge in [0.15, 0.2) is 0 Å². The predicted octanol–water partition coefficient (Wildman–Crippen LogP) is 6.33. The molecule has 152 valence electrons. The molecular weight excluding hydrogens is 356 g/mol. The monoisotopic (exact) mass is 388 g/mol. The second kappa shape index (κ2) is 8.40. The van der Waals surface area contributed by atoms with Crippen molar-refractivity contribution in [1.82, 2.24) is 19.5 Å². The molecule has 0 aliphatic rings. The van der Waals surface area contributed by atoms with Gasteiger partial charge < -0.3 is 9.55 Å². The van der Waals surface area contributed by atoms with Gasteiger partial charge in [-0.1, -0.05) is 52.0 Å². The SMILES string of the molecule is CC(C)Cc1nc2ccccc2n1CC(C)CCC(C)c1nc2ccccc2[nH]1. The van der Waals surface area contributed by atoms with Crippen LogP contribution in [-0.2, 0) is 13.0 Å². The number of nitrogens with one attached hydrogen (secondary N) is 1. The van der Waals surface area contributed by atoms with Crippen LogP contribution in [0.25, 0.3) is 22.1 Å². The van der Waals surface area contributed by atoms with Gasteiger partial charge in [-0.2, -0.15) is 0 Å². The summed E-state index contributed by atoms with van der Waals surface area (Å²) in [5, 5.41) is 0. The lowest BCUT2D eigenvalue weighted by Crippen LogP contribution is -2.13. The summed E-state index contributed by atoms with van der Waals surface area (Å²) in [4.78, 5) is 13.2. The van der Waals surface area contributed by atoms with E-state index < -0.39 is 0 Å². The zero-order valence-electron chi connectivity index (χ0n) is 18.0. The Morgan fingerprint density at radius 3 is 2.34 bits per heavy atom. The van der Waals surface area contributed by atoms with Crippen LogP contribution in [0.3, 0.4) is 0 Å². The molecule has 29 heavy (non-hydrogen) atoms. The Hall–Kier alpha value is -2.62. The Kier molecular flexibility index (Phi) is 5.70. The first kappa shape index (κ1) is 19.7. The van der Waals surface area contributed by atoms with E-state index in [-0.39, 0.29) is 0 Å². The van der Waals surface area contributed by atoms with Gasteiger partial charge in [-0.05, 0) is 48.9 Å². The van der Waals surface area contributed by atoms with E-state index in [2.05, 4.69) is 79.7 Å². The fraction of sp³-hybridized carbons (Fsp3) is 0.440. The van der Waals surface area contributed by atoms with Crippen molar-refractivity contribution in [2.75, 3.05) is 0 Å². The Morgan fingerprint density at radius 1 is 0.862 bits per heavy atom. The van der Waals surface area contributed by atoms with Crippen LogP contribution in [0.4, 0.5) is 0 Å². The van der Waals surface area contributed by atoms with E-state index in [1.807, 2.05) is 6.07 Å². The van der Waals surface area contributed by atoms with Crippen molar-refractivity contribution in [1.29, 1.82) is 0 Å². The molecule has 4 nitrogen and oxygen atoms in total. The second-order valence-corrected chi connectivity index (χ2v) is 8.95. The van der Waals surface area contributed by atoms with E-state index >= 15 is 0 Å². The number of para-hydroxylation sites is 4. The van der Waals surface area contributed by atoms with Crippen molar-refractivity contribution in [3.05, 3.63) is 60.2 Å². The average Bonchev–Trinajstić information content (AvgIpc) is 3.27. The number of benzene rings is 2. The summed E-state index contributed by atoms with van der Waals surface area (Å²) in [6, 6.07) is 16.8. The number of imidazole rings is 2. The molecule has 0 saturated carbocycles. The van der Waals surface area contributed by atoms with Gasteiger partial charge in [-0.25, -0.2) is 9.97 Å². The van der Waals surface area contributed by atoms with Crippen LogP contribution in [0, 0.1) is 11.8 Å². The predicted molar refractivity (Wildman–Crippen MR) is 121 cm³/mol. The molecule has 0 bridgehead atoms. The maximum atomic E-state index is 4.92. The van der Waals surface area contributed by atoms with Gasteiger partial charge in [0, 0.05) is 18.9 Å². The lowest BCUT2D eigenvalue weighted by molar-refractivity contribution is 0.413. The maximum absolute atomic E-state index is 4.92. The van der Waals surface area contributed by atoms with Crippen molar-refractivity contribution in [2.24, 2.45) is 11.8 Å². The summed E-state index contributed by atoms with van der Waals surface area (Å²) in [6.45, 7) is 10.2. The van der Waals surface area contributed by atoms with Gasteiger partial charge in [0.2, 0.25) is 0 Å². The van der Waals surface area contributed by atoms with E-state index in [0.29, 0.717) is 17.8 Å². The summed E-state index contributed by atoms with van der Waals surface area (Å²) in [6.07, 6.45) is 3.33. The highest BCUT2D eigenvalue weighted by atomic mass is 15.1.